The van der Waals surface area contributed by atoms with Crippen molar-refractivity contribution >= 4 is 17.7 Å². The van der Waals surface area contributed by atoms with Crippen molar-refractivity contribution in [3.05, 3.63) is 84.4 Å². The summed E-state index contributed by atoms with van der Waals surface area (Å²) in [5.74, 6) is 0.807. The van der Waals surface area contributed by atoms with Gasteiger partial charge in [0, 0.05) is 44.1 Å². The van der Waals surface area contributed by atoms with Gasteiger partial charge in [-0.25, -0.2) is 4.39 Å². The lowest BCUT2D eigenvalue weighted by Crippen LogP contribution is -2.34. The maximum atomic E-state index is 14.4. The Hall–Kier alpha value is -3.87. The lowest BCUT2D eigenvalue weighted by atomic mass is 10.2. The minimum Gasteiger partial charge on any atom is -0.497 e. The first-order valence-corrected chi connectivity index (χ1v) is 10.9. The highest BCUT2D eigenvalue weighted by Gasteiger charge is 2.18. The van der Waals surface area contributed by atoms with Crippen LogP contribution in [0, 0.1) is 5.82 Å². The number of aromatic nitrogens is 1. The number of carbonyl (C=O) groups excluding carboxylic acids is 1. The van der Waals surface area contributed by atoms with Gasteiger partial charge >= 0.3 is 0 Å². The van der Waals surface area contributed by atoms with Gasteiger partial charge < -0.3 is 19.3 Å². The molecule has 0 radical (unpaired) electrons. The van der Waals surface area contributed by atoms with Gasteiger partial charge in [-0.15, -0.1) is 0 Å². The number of nitrogens with zero attached hydrogens (tertiary/aromatic N) is 3. The summed E-state index contributed by atoms with van der Waals surface area (Å²) >= 11 is 0. The number of methoxy groups -OCH3 is 1. The van der Waals surface area contributed by atoms with E-state index in [1.165, 1.54) is 18.3 Å². The SMILES string of the molecule is COc1ccc(N2CCCN(C(=O)/C=C/c3ccc(Oc4cccnc4)c(F)c3)CC2)cc1. The third kappa shape index (κ3) is 5.88. The van der Waals surface area contributed by atoms with Crippen LogP contribution in [0.2, 0.25) is 0 Å². The van der Waals surface area contributed by atoms with Gasteiger partial charge in [-0.05, 0) is 66.6 Å². The minimum atomic E-state index is -0.502. The van der Waals surface area contributed by atoms with Crippen LogP contribution in [0.3, 0.4) is 0 Å². The highest BCUT2D eigenvalue weighted by atomic mass is 19.1. The van der Waals surface area contributed by atoms with E-state index in [1.807, 2.05) is 29.2 Å². The summed E-state index contributed by atoms with van der Waals surface area (Å²) in [6, 6.07) is 16.0. The van der Waals surface area contributed by atoms with Gasteiger partial charge in [0.05, 0.1) is 13.3 Å². The number of benzene rings is 2. The topological polar surface area (TPSA) is 54.9 Å². The molecular weight excluding hydrogens is 421 g/mol. The normalized spacial score (nSPS) is 14.2. The van der Waals surface area contributed by atoms with Crippen molar-refractivity contribution in [2.75, 3.05) is 38.2 Å². The van der Waals surface area contributed by atoms with E-state index >= 15 is 0 Å². The molecule has 1 amide bonds. The Bertz CT molecular complexity index is 1100. The van der Waals surface area contributed by atoms with Crippen molar-refractivity contribution in [1.82, 2.24) is 9.88 Å². The molecule has 170 valence electrons. The van der Waals surface area contributed by atoms with Gasteiger partial charge in [0.1, 0.15) is 11.5 Å². The fourth-order valence-electron chi connectivity index (χ4n) is 3.70. The summed E-state index contributed by atoms with van der Waals surface area (Å²) in [5.41, 5.74) is 1.71. The van der Waals surface area contributed by atoms with Gasteiger partial charge in [-0.3, -0.25) is 9.78 Å². The smallest absolute Gasteiger partial charge is 0.246 e. The second-order valence-electron chi connectivity index (χ2n) is 7.68. The molecule has 0 aliphatic carbocycles. The Balaban J connectivity index is 1.34. The average Bonchev–Trinajstić information content (AvgIpc) is 3.11. The second kappa shape index (κ2) is 10.6. The maximum absolute atomic E-state index is 14.4. The highest BCUT2D eigenvalue weighted by molar-refractivity contribution is 5.91. The molecule has 4 rings (SSSR count). The Morgan fingerprint density at radius 2 is 1.88 bits per heavy atom. The Morgan fingerprint density at radius 1 is 1.03 bits per heavy atom. The molecule has 33 heavy (non-hydrogen) atoms. The molecule has 6 nitrogen and oxygen atoms in total. The van der Waals surface area contributed by atoms with Crippen LogP contribution in [-0.4, -0.2) is 49.1 Å². The maximum Gasteiger partial charge on any atom is 0.246 e. The van der Waals surface area contributed by atoms with E-state index in [2.05, 4.69) is 9.88 Å². The average molecular weight is 448 g/mol. The van der Waals surface area contributed by atoms with Crippen LogP contribution >= 0.6 is 0 Å². The minimum absolute atomic E-state index is 0.0809. The Kier molecular flexibility index (Phi) is 7.19. The molecule has 1 fully saturated rings. The van der Waals surface area contributed by atoms with Crippen LogP contribution in [0.4, 0.5) is 10.1 Å². The molecule has 0 saturated carbocycles. The van der Waals surface area contributed by atoms with Crippen molar-refractivity contribution < 1.29 is 18.7 Å². The summed E-state index contributed by atoms with van der Waals surface area (Å²) in [6.07, 6.45) is 7.14. The number of amides is 1. The number of pyridine rings is 1. The van der Waals surface area contributed by atoms with E-state index in [0.29, 0.717) is 24.4 Å². The van der Waals surface area contributed by atoms with Crippen LogP contribution in [0.15, 0.2) is 73.1 Å². The zero-order valence-electron chi connectivity index (χ0n) is 18.5. The molecule has 0 spiro atoms. The van der Waals surface area contributed by atoms with Crippen molar-refractivity contribution in [2.45, 2.75) is 6.42 Å². The number of anilines is 1. The van der Waals surface area contributed by atoms with Crippen LogP contribution < -0.4 is 14.4 Å². The molecule has 7 heteroatoms. The number of rotatable bonds is 6. The Labute approximate surface area is 192 Å². The molecule has 1 aliphatic heterocycles. The van der Waals surface area contributed by atoms with E-state index in [1.54, 1.807) is 43.6 Å². The molecule has 2 aromatic carbocycles. The zero-order chi connectivity index (χ0) is 23.0. The lowest BCUT2D eigenvalue weighted by molar-refractivity contribution is -0.125. The van der Waals surface area contributed by atoms with E-state index in [0.717, 1.165) is 30.9 Å². The second-order valence-corrected chi connectivity index (χ2v) is 7.68. The predicted molar refractivity (Wildman–Crippen MR) is 126 cm³/mol. The molecule has 2 heterocycles. The Morgan fingerprint density at radius 3 is 2.61 bits per heavy atom. The molecule has 0 N–H and O–H groups in total. The fraction of sp³-hybridized carbons (Fsp3) is 0.231. The molecule has 0 atom stereocenters. The molecule has 1 aromatic heterocycles. The van der Waals surface area contributed by atoms with E-state index in [9.17, 15) is 9.18 Å². The zero-order valence-corrected chi connectivity index (χ0v) is 18.5. The molecular formula is C26H26FN3O3. The van der Waals surface area contributed by atoms with Crippen molar-refractivity contribution in [1.29, 1.82) is 0 Å². The number of ether oxygens (including phenoxy) is 2. The lowest BCUT2D eigenvalue weighted by Gasteiger charge is -2.23. The predicted octanol–water partition coefficient (Wildman–Crippen LogP) is 4.77. The van der Waals surface area contributed by atoms with Gasteiger partial charge in [0.25, 0.3) is 0 Å². The summed E-state index contributed by atoms with van der Waals surface area (Å²) in [5, 5.41) is 0. The van der Waals surface area contributed by atoms with Crippen LogP contribution in [-0.2, 0) is 4.79 Å². The molecule has 1 aliphatic rings. The van der Waals surface area contributed by atoms with Crippen LogP contribution in [0.5, 0.6) is 17.2 Å². The van der Waals surface area contributed by atoms with Crippen LogP contribution in [0.1, 0.15) is 12.0 Å². The van der Waals surface area contributed by atoms with Crippen molar-refractivity contribution in [2.24, 2.45) is 0 Å². The van der Waals surface area contributed by atoms with Crippen molar-refractivity contribution in [3.8, 4) is 17.2 Å². The quantitative estimate of drug-likeness (QED) is 0.510. The monoisotopic (exact) mass is 447 g/mol. The number of carbonyl (C=O) groups is 1. The highest BCUT2D eigenvalue weighted by Crippen LogP contribution is 2.25. The summed E-state index contributed by atoms with van der Waals surface area (Å²) in [7, 11) is 1.65. The van der Waals surface area contributed by atoms with Crippen LogP contribution in [0.25, 0.3) is 6.08 Å². The first kappa shape index (κ1) is 22.3. The van der Waals surface area contributed by atoms with Gasteiger partial charge in [0.15, 0.2) is 11.6 Å². The summed E-state index contributed by atoms with van der Waals surface area (Å²) in [4.78, 5) is 20.8. The van der Waals surface area contributed by atoms with E-state index in [-0.39, 0.29) is 11.7 Å². The third-order valence-electron chi connectivity index (χ3n) is 5.48. The third-order valence-corrected chi connectivity index (χ3v) is 5.48. The van der Waals surface area contributed by atoms with Gasteiger partial charge in [-0.1, -0.05) is 6.07 Å². The van der Waals surface area contributed by atoms with Gasteiger partial charge in [-0.2, -0.15) is 0 Å². The first-order chi connectivity index (χ1) is 16.1. The largest absolute Gasteiger partial charge is 0.497 e. The fourth-order valence-corrected chi connectivity index (χ4v) is 3.70. The van der Waals surface area contributed by atoms with E-state index in [4.69, 9.17) is 9.47 Å². The molecule has 3 aromatic rings. The van der Waals surface area contributed by atoms with E-state index < -0.39 is 5.82 Å². The van der Waals surface area contributed by atoms with Gasteiger partial charge in [0.2, 0.25) is 5.91 Å². The first-order valence-electron chi connectivity index (χ1n) is 10.9. The summed E-state index contributed by atoms with van der Waals surface area (Å²) in [6.45, 7) is 2.94. The number of halogens is 1. The van der Waals surface area contributed by atoms with Crippen molar-refractivity contribution in [3.63, 3.8) is 0 Å². The molecule has 1 saturated heterocycles. The molecule has 0 bridgehead atoms. The number of hydrogen-bond donors (Lipinski definition) is 0. The summed E-state index contributed by atoms with van der Waals surface area (Å²) < 4.78 is 25.2. The standard InChI is InChI=1S/C26H26FN3O3/c1-32-22-9-7-21(8-10-22)29-14-3-15-30(17-16-29)26(31)12-6-20-5-11-25(24(27)18-20)33-23-4-2-13-28-19-23/h2,4-13,18-19H,3,14-17H2,1H3/b12-6+. The number of hydrogen-bond acceptors (Lipinski definition) is 5. The molecule has 0 unspecified atom stereocenters.